The molecule has 0 saturated carbocycles. The Hall–Kier alpha value is -2.33. The second-order valence-electron chi connectivity index (χ2n) is 5.26. The van der Waals surface area contributed by atoms with Crippen molar-refractivity contribution in [1.29, 1.82) is 0 Å². The number of amides is 1. The summed E-state index contributed by atoms with van der Waals surface area (Å²) >= 11 is 0. The van der Waals surface area contributed by atoms with Gasteiger partial charge in [0.25, 0.3) is 0 Å². The van der Waals surface area contributed by atoms with Gasteiger partial charge >= 0.3 is 0 Å². The number of aliphatic hydroxyl groups is 1. The molecule has 1 aliphatic heterocycles. The third-order valence-corrected chi connectivity index (χ3v) is 3.74. The van der Waals surface area contributed by atoms with Gasteiger partial charge in [0.05, 0.1) is 19.2 Å². The Balaban J connectivity index is 2.11. The quantitative estimate of drug-likeness (QED) is 0.910. The van der Waals surface area contributed by atoms with Gasteiger partial charge in [0, 0.05) is 11.1 Å². The summed E-state index contributed by atoms with van der Waals surface area (Å²) in [6.07, 6.45) is -0.476. The molecule has 1 aliphatic rings. The van der Waals surface area contributed by atoms with E-state index < -0.39 is 6.10 Å². The lowest BCUT2D eigenvalue weighted by Gasteiger charge is -2.18. The van der Waals surface area contributed by atoms with Gasteiger partial charge in [0.1, 0.15) is 11.9 Å². The SMILES string of the molecule is COc1ccccc1C(O)c1cc(C)cc2c1NC(=O)C2. The molecule has 1 heterocycles. The van der Waals surface area contributed by atoms with E-state index in [0.29, 0.717) is 23.3 Å². The highest BCUT2D eigenvalue weighted by atomic mass is 16.5. The van der Waals surface area contributed by atoms with E-state index in [-0.39, 0.29) is 5.91 Å². The summed E-state index contributed by atoms with van der Waals surface area (Å²) in [6.45, 7) is 1.96. The highest BCUT2D eigenvalue weighted by Gasteiger charge is 2.26. The number of rotatable bonds is 3. The van der Waals surface area contributed by atoms with Crippen molar-refractivity contribution < 1.29 is 14.6 Å². The number of aryl methyl sites for hydroxylation is 1. The molecule has 0 fully saturated rings. The zero-order valence-electron chi connectivity index (χ0n) is 12.0. The third kappa shape index (κ3) is 2.38. The van der Waals surface area contributed by atoms with Crippen molar-refractivity contribution >= 4 is 11.6 Å². The monoisotopic (exact) mass is 283 g/mol. The van der Waals surface area contributed by atoms with E-state index in [1.165, 1.54) is 0 Å². The number of nitrogens with one attached hydrogen (secondary N) is 1. The standard InChI is InChI=1S/C17H17NO3/c1-10-7-11-9-15(19)18-16(11)13(8-10)17(20)12-5-3-4-6-14(12)21-2/h3-8,17,20H,9H2,1-2H3,(H,18,19). The van der Waals surface area contributed by atoms with Crippen LogP contribution in [0, 0.1) is 6.92 Å². The summed E-state index contributed by atoms with van der Waals surface area (Å²) in [5.74, 6) is 0.591. The fourth-order valence-electron chi connectivity index (χ4n) is 2.82. The molecular formula is C17H17NO3. The van der Waals surface area contributed by atoms with Crippen LogP contribution in [0.25, 0.3) is 0 Å². The van der Waals surface area contributed by atoms with Gasteiger partial charge in [-0.1, -0.05) is 35.9 Å². The van der Waals surface area contributed by atoms with E-state index in [9.17, 15) is 9.90 Å². The first-order valence-electron chi connectivity index (χ1n) is 6.84. The second-order valence-corrected chi connectivity index (χ2v) is 5.26. The molecule has 2 aromatic rings. The maximum Gasteiger partial charge on any atom is 0.228 e. The lowest BCUT2D eigenvalue weighted by molar-refractivity contribution is -0.115. The van der Waals surface area contributed by atoms with Gasteiger partial charge in [0.2, 0.25) is 5.91 Å². The Morgan fingerprint density at radius 2 is 2.00 bits per heavy atom. The molecule has 1 amide bonds. The number of benzene rings is 2. The van der Waals surface area contributed by atoms with Crippen LogP contribution >= 0.6 is 0 Å². The zero-order chi connectivity index (χ0) is 15.0. The van der Waals surface area contributed by atoms with Crippen LogP contribution in [0.5, 0.6) is 5.75 Å². The van der Waals surface area contributed by atoms with E-state index in [2.05, 4.69) is 5.32 Å². The Kier molecular flexibility index (Phi) is 3.39. The number of hydrogen-bond donors (Lipinski definition) is 2. The van der Waals surface area contributed by atoms with Crippen molar-refractivity contribution in [2.75, 3.05) is 12.4 Å². The second kappa shape index (κ2) is 5.22. The Labute approximate surface area is 123 Å². The largest absolute Gasteiger partial charge is 0.496 e. The average molecular weight is 283 g/mol. The zero-order valence-corrected chi connectivity index (χ0v) is 12.0. The van der Waals surface area contributed by atoms with Crippen LogP contribution in [0.2, 0.25) is 0 Å². The van der Waals surface area contributed by atoms with E-state index in [1.807, 2.05) is 43.3 Å². The number of para-hydroxylation sites is 1. The van der Waals surface area contributed by atoms with Crippen molar-refractivity contribution in [1.82, 2.24) is 0 Å². The topological polar surface area (TPSA) is 58.6 Å². The number of anilines is 1. The lowest BCUT2D eigenvalue weighted by atomic mass is 9.95. The summed E-state index contributed by atoms with van der Waals surface area (Å²) in [4.78, 5) is 11.6. The summed E-state index contributed by atoms with van der Waals surface area (Å²) in [7, 11) is 1.58. The smallest absolute Gasteiger partial charge is 0.228 e. The van der Waals surface area contributed by atoms with Crippen LogP contribution in [0.4, 0.5) is 5.69 Å². The van der Waals surface area contributed by atoms with Gasteiger partial charge in [0.15, 0.2) is 0 Å². The summed E-state index contributed by atoms with van der Waals surface area (Å²) in [5, 5.41) is 13.6. The minimum atomic E-state index is -0.840. The number of carbonyl (C=O) groups excluding carboxylic acids is 1. The van der Waals surface area contributed by atoms with Gasteiger partial charge in [-0.3, -0.25) is 4.79 Å². The van der Waals surface area contributed by atoms with Gasteiger partial charge in [-0.2, -0.15) is 0 Å². The van der Waals surface area contributed by atoms with E-state index in [4.69, 9.17) is 4.74 Å². The summed E-state index contributed by atoms with van der Waals surface area (Å²) < 4.78 is 5.31. The van der Waals surface area contributed by atoms with Crippen LogP contribution in [0.1, 0.15) is 28.4 Å². The molecule has 21 heavy (non-hydrogen) atoms. The maximum absolute atomic E-state index is 11.6. The Bertz CT molecular complexity index is 709. The predicted molar refractivity (Wildman–Crippen MR) is 80.6 cm³/mol. The summed E-state index contributed by atoms with van der Waals surface area (Å²) in [5.41, 5.74) is 4.08. The molecule has 0 aliphatic carbocycles. The first kappa shape index (κ1) is 13.6. The fourth-order valence-corrected chi connectivity index (χ4v) is 2.82. The molecule has 0 radical (unpaired) electrons. The minimum absolute atomic E-state index is 0.0379. The van der Waals surface area contributed by atoms with Crippen LogP contribution < -0.4 is 10.1 Å². The van der Waals surface area contributed by atoms with Crippen molar-refractivity contribution in [3.63, 3.8) is 0 Å². The number of carbonyl (C=O) groups is 1. The average Bonchev–Trinajstić information content (AvgIpc) is 2.85. The number of ether oxygens (including phenoxy) is 1. The molecule has 1 atom stereocenters. The van der Waals surface area contributed by atoms with E-state index >= 15 is 0 Å². The van der Waals surface area contributed by atoms with Crippen molar-refractivity contribution in [2.24, 2.45) is 0 Å². The van der Waals surface area contributed by atoms with Gasteiger partial charge in [-0.05, 0) is 18.6 Å². The molecule has 4 heteroatoms. The number of methoxy groups -OCH3 is 1. The van der Waals surface area contributed by atoms with E-state index in [1.54, 1.807) is 7.11 Å². The fraction of sp³-hybridized carbons (Fsp3) is 0.235. The van der Waals surface area contributed by atoms with Crippen molar-refractivity contribution in [2.45, 2.75) is 19.4 Å². The minimum Gasteiger partial charge on any atom is -0.496 e. The molecule has 0 aromatic heterocycles. The van der Waals surface area contributed by atoms with Gasteiger partial charge in [-0.15, -0.1) is 0 Å². The molecular weight excluding hydrogens is 266 g/mol. The molecule has 3 rings (SSSR count). The van der Waals surface area contributed by atoms with Crippen molar-refractivity contribution in [3.8, 4) is 5.75 Å². The molecule has 4 nitrogen and oxygen atoms in total. The first-order valence-corrected chi connectivity index (χ1v) is 6.84. The number of hydrogen-bond acceptors (Lipinski definition) is 3. The van der Waals surface area contributed by atoms with Gasteiger partial charge in [-0.25, -0.2) is 0 Å². The Morgan fingerprint density at radius 3 is 2.76 bits per heavy atom. The normalized spacial score (nSPS) is 14.5. The molecule has 2 N–H and O–H groups in total. The highest BCUT2D eigenvalue weighted by Crippen LogP contribution is 2.38. The van der Waals surface area contributed by atoms with Crippen LogP contribution in [-0.4, -0.2) is 18.1 Å². The molecule has 1 unspecified atom stereocenters. The Morgan fingerprint density at radius 1 is 1.24 bits per heavy atom. The van der Waals surface area contributed by atoms with Gasteiger partial charge < -0.3 is 15.2 Å². The van der Waals surface area contributed by atoms with Crippen LogP contribution in [0.15, 0.2) is 36.4 Å². The third-order valence-electron chi connectivity index (χ3n) is 3.74. The molecule has 0 spiro atoms. The molecule has 2 aromatic carbocycles. The van der Waals surface area contributed by atoms with Crippen LogP contribution in [0.3, 0.4) is 0 Å². The van der Waals surface area contributed by atoms with Crippen LogP contribution in [-0.2, 0) is 11.2 Å². The summed E-state index contributed by atoms with van der Waals surface area (Å²) in [6, 6.07) is 11.2. The van der Waals surface area contributed by atoms with E-state index in [0.717, 1.165) is 16.8 Å². The molecule has 108 valence electrons. The highest BCUT2D eigenvalue weighted by molar-refractivity contribution is 6.00. The van der Waals surface area contributed by atoms with Crippen molar-refractivity contribution in [3.05, 3.63) is 58.7 Å². The maximum atomic E-state index is 11.6. The molecule has 0 bridgehead atoms. The number of aliphatic hydroxyl groups excluding tert-OH is 1. The lowest BCUT2D eigenvalue weighted by Crippen LogP contribution is -2.08. The predicted octanol–water partition coefficient (Wildman–Crippen LogP) is 2.58. The molecule has 0 saturated heterocycles. The number of fused-ring (bicyclic) bond motifs is 1. The first-order chi connectivity index (χ1) is 10.1.